The van der Waals surface area contributed by atoms with E-state index in [1.54, 1.807) is 0 Å². The van der Waals surface area contributed by atoms with Crippen molar-refractivity contribution in [2.75, 3.05) is 13.2 Å². The van der Waals surface area contributed by atoms with Crippen LogP contribution in [0.5, 0.6) is 5.75 Å². The average Bonchev–Trinajstić information content (AvgIpc) is 2.29. The lowest BCUT2D eigenvalue weighted by Gasteiger charge is -2.14. The van der Waals surface area contributed by atoms with Gasteiger partial charge in [0.1, 0.15) is 12.4 Å². The predicted octanol–water partition coefficient (Wildman–Crippen LogP) is 0.767. The number of amides is 1. The van der Waals surface area contributed by atoms with Gasteiger partial charge in [0.25, 0.3) is 5.91 Å². The third-order valence-electron chi connectivity index (χ3n) is 1.73. The lowest BCUT2D eigenvalue weighted by Crippen LogP contribution is -2.40. The molecular formula is C10H12N2O2S. The van der Waals surface area contributed by atoms with Crippen molar-refractivity contribution in [1.82, 2.24) is 5.01 Å². The Labute approximate surface area is 93.6 Å². The Morgan fingerprint density at radius 3 is 2.73 bits per heavy atom. The fraction of sp³-hybridized carbons (Fsp3) is 0.200. The number of nitrogens with two attached hydrogens (primary N) is 1. The van der Waals surface area contributed by atoms with Crippen LogP contribution in [0.15, 0.2) is 30.3 Å². The van der Waals surface area contributed by atoms with Crippen molar-refractivity contribution in [3.05, 3.63) is 30.3 Å². The molecule has 15 heavy (non-hydrogen) atoms. The summed E-state index contributed by atoms with van der Waals surface area (Å²) in [5, 5.41) is 2.03. The number of thiocarbonyl (C=S) groups is 1. The second-order valence-corrected chi connectivity index (χ2v) is 3.05. The van der Waals surface area contributed by atoms with Crippen LogP contribution in [0.3, 0.4) is 0 Å². The van der Waals surface area contributed by atoms with Gasteiger partial charge in [-0.1, -0.05) is 30.4 Å². The van der Waals surface area contributed by atoms with E-state index in [-0.39, 0.29) is 5.91 Å². The van der Waals surface area contributed by atoms with E-state index in [1.165, 1.54) is 0 Å². The van der Waals surface area contributed by atoms with Crippen molar-refractivity contribution in [3.63, 3.8) is 0 Å². The fourth-order valence-electron chi connectivity index (χ4n) is 0.956. The van der Waals surface area contributed by atoms with E-state index in [9.17, 15) is 4.79 Å². The molecule has 80 valence electrons. The molecule has 0 aromatic heterocycles. The highest BCUT2D eigenvalue weighted by Crippen LogP contribution is 2.07. The summed E-state index contributed by atoms with van der Waals surface area (Å²) < 4.78 is 5.35. The standard InChI is InChI=1S/C10H12N2O2S/c11-12(10(13)8-15)6-7-14-9-4-2-1-3-5-9/h1-5,8H,6-7,11H2. The number of carbonyl (C=O) groups excluding carboxylic acids is 1. The van der Waals surface area contributed by atoms with Gasteiger partial charge in [0.15, 0.2) is 0 Å². The zero-order valence-corrected chi connectivity index (χ0v) is 8.94. The van der Waals surface area contributed by atoms with Gasteiger partial charge in [-0.05, 0) is 12.1 Å². The first-order valence-electron chi connectivity index (χ1n) is 4.43. The van der Waals surface area contributed by atoms with Crippen LogP contribution in [0.1, 0.15) is 0 Å². The number of nitrogens with zero attached hydrogens (tertiary/aromatic N) is 1. The van der Waals surface area contributed by atoms with Crippen molar-refractivity contribution in [1.29, 1.82) is 0 Å². The third-order valence-corrected chi connectivity index (χ3v) is 1.93. The molecular weight excluding hydrogens is 212 g/mol. The molecule has 0 fully saturated rings. The van der Waals surface area contributed by atoms with Gasteiger partial charge in [-0.25, -0.2) is 5.84 Å². The predicted molar refractivity (Wildman–Crippen MR) is 61.5 cm³/mol. The first-order valence-corrected chi connectivity index (χ1v) is 4.90. The maximum atomic E-state index is 10.9. The number of ether oxygens (including phenoxy) is 1. The molecule has 4 nitrogen and oxygen atoms in total. The maximum absolute atomic E-state index is 10.9. The highest BCUT2D eigenvalue weighted by atomic mass is 32.1. The van der Waals surface area contributed by atoms with E-state index in [4.69, 9.17) is 10.6 Å². The summed E-state index contributed by atoms with van der Waals surface area (Å²) in [6.45, 7) is 0.649. The van der Waals surface area contributed by atoms with Crippen LogP contribution in [0, 0.1) is 0 Å². The van der Waals surface area contributed by atoms with Crippen molar-refractivity contribution in [2.24, 2.45) is 5.84 Å². The van der Waals surface area contributed by atoms with E-state index in [0.29, 0.717) is 13.2 Å². The van der Waals surface area contributed by atoms with Gasteiger partial charge in [0, 0.05) is 0 Å². The Balaban J connectivity index is 2.28. The van der Waals surface area contributed by atoms with Crippen LogP contribution in [-0.4, -0.2) is 29.4 Å². The summed E-state index contributed by atoms with van der Waals surface area (Å²) in [6.07, 6.45) is 0. The molecule has 0 heterocycles. The second-order valence-electron chi connectivity index (χ2n) is 2.81. The Kier molecular flexibility index (Phi) is 4.73. The summed E-state index contributed by atoms with van der Waals surface area (Å²) in [7, 11) is 0. The maximum Gasteiger partial charge on any atom is 0.271 e. The molecule has 1 aromatic rings. The van der Waals surface area contributed by atoms with E-state index >= 15 is 0 Å². The van der Waals surface area contributed by atoms with Gasteiger partial charge in [-0.2, -0.15) is 0 Å². The first kappa shape index (κ1) is 11.6. The zero-order chi connectivity index (χ0) is 11.1. The van der Waals surface area contributed by atoms with Crippen molar-refractivity contribution < 1.29 is 9.53 Å². The summed E-state index contributed by atoms with van der Waals surface area (Å²) in [5.41, 5.74) is 0. The molecule has 5 heteroatoms. The topological polar surface area (TPSA) is 55.6 Å². The van der Waals surface area contributed by atoms with Gasteiger partial charge in [-0.3, -0.25) is 9.80 Å². The average molecular weight is 224 g/mol. The molecule has 2 N–H and O–H groups in total. The zero-order valence-electron chi connectivity index (χ0n) is 8.13. The van der Waals surface area contributed by atoms with Gasteiger partial charge >= 0.3 is 0 Å². The Bertz CT molecular complexity index is 329. The fourth-order valence-corrected chi connectivity index (χ4v) is 1.09. The number of hydrogen-bond donors (Lipinski definition) is 1. The van der Waals surface area contributed by atoms with Crippen molar-refractivity contribution in [3.8, 4) is 5.75 Å². The lowest BCUT2D eigenvalue weighted by atomic mass is 10.3. The van der Waals surface area contributed by atoms with Crippen LogP contribution in [0.25, 0.3) is 0 Å². The van der Waals surface area contributed by atoms with Crippen LogP contribution < -0.4 is 10.6 Å². The van der Waals surface area contributed by atoms with Crippen LogP contribution >= 0.6 is 12.2 Å². The minimum absolute atomic E-state index is 0.306. The monoisotopic (exact) mass is 224 g/mol. The molecule has 0 aliphatic carbocycles. The van der Waals surface area contributed by atoms with E-state index in [2.05, 4.69) is 12.2 Å². The normalized spacial score (nSPS) is 9.40. The molecule has 1 amide bonds. The molecule has 0 atom stereocenters. The van der Waals surface area contributed by atoms with Crippen LogP contribution in [0.4, 0.5) is 0 Å². The summed E-state index contributed by atoms with van der Waals surface area (Å²) >= 11 is 4.46. The highest BCUT2D eigenvalue weighted by molar-refractivity contribution is 7.80. The minimum atomic E-state index is -0.387. The summed E-state index contributed by atoms with van der Waals surface area (Å²) in [5.74, 6) is 5.76. The first-order chi connectivity index (χ1) is 7.24. The largest absolute Gasteiger partial charge is 0.492 e. The smallest absolute Gasteiger partial charge is 0.271 e. The van der Waals surface area contributed by atoms with Crippen LogP contribution in [0.2, 0.25) is 0 Å². The lowest BCUT2D eigenvalue weighted by molar-refractivity contribution is -0.124. The Hall–Kier alpha value is -1.46. The molecule has 1 rings (SSSR count). The molecule has 0 saturated heterocycles. The molecule has 0 radical (unpaired) electrons. The number of carbonyl (C=O) groups is 1. The SMILES string of the molecule is NN(CCOc1ccccc1)C(=O)C=S. The summed E-state index contributed by atoms with van der Waals surface area (Å²) in [6, 6.07) is 9.32. The van der Waals surface area contributed by atoms with Crippen molar-refractivity contribution in [2.45, 2.75) is 0 Å². The Morgan fingerprint density at radius 1 is 1.47 bits per heavy atom. The highest BCUT2D eigenvalue weighted by Gasteiger charge is 2.04. The van der Waals surface area contributed by atoms with Crippen molar-refractivity contribution >= 4 is 23.5 Å². The quantitative estimate of drug-likeness (QED) is 0.347. The third kappa shape index (κ3) is 4.05. The number of rotatable bonds is 5. The number of para-hydroxylation sites is 1. The molecule has 0 spiro atoms. The number of hydrogen-bond acceptors (Lipinski definition) is 4. The molecule has 0 bridgehead atoms. The van der Waals surface area contributed by atoms with E-state index < -0.39 is 0 Å². The van der Waals surface area contributed by atoms with E-state index in [1.807, 2.05) is 30.3 Å². The summed E-state index contributed by atoms with van der Waals surface area (Å²) in [4.78, 5) is 10.9. The minimum Gasteiger partial charge on any atom is -0.492 e. The van der Waals surface area contributed by atoms with E-state index in [0.717, 1.165) is 16.1 Å². The molecule has 0 unspecified atom stereocenters. The second kappa shape index (κ2) is 6.10. The van der Waals surface area contributed by atoms with Gasteiger partial charge in [0.2, 0.25) is 0 Å². The number of benzene rings is 1. The molecule has 0 aliphatic rings. The van der Waals surface area contributed by atoms with Crippen LogP contribution in [-0.2, 0) is 4.79 Å². The Morgan fingerprint density at radius 2 is 2.13 bits per heavy atom. The number of hydrazine groups is 1. The van der Waals surface area contributed by atoms with Gasteiger partial charge in [0.05, 0.1) is 11.9 Å². The molecule has 0 saturated carbocycles. The van der Waals surface area contributed by atoms with Gasteiger partial charge < -0.3 is 4.74 Å². The molecule has 0 aliphatic heterocycles. The molecule has 1 aromatic carbocycles. The van der Waals surface area contributed by atoms with Gasteiger partial charge in [-0.15, -0.1) is 0 Å².